The molecule has 4 heteroatoms. The summed E-state index contributed by atoms with van der Waals surface area (Å²) in [6, 6.07) is 1.97. The third kappa shape index (κ3) is 1.09. The zero-order chi connectivity index (χ0) is 7.68. The Balaban J connectivity index is 2.42. The molecule has 1 N–H and O–H groups in total. The van der Waals surface area contributed by atoms with Crippen molar-refractivity contribution in [2.75, 3.05) is 6.61 Å². The van der Waals surface area contributed by atoms with Gasteiger partial charge in [0.2, 0.25) is 0 Å². The first kappa shape index (κ1) is 6.67. The van der Waals surface area contributed by atoms with Gasteiger partial charge in [-0.1, -0.05) is 0 Å². The zero-order valence-electron chi connectivity index (χ0n) is 6.13. The van der Waals surface area contributed by atoms with Gasteiger partial charge in [-0.05, 0) is 6.92 Å². The van der Waals surface area contributed by atoms with Crippen molar-refractivity contribution >= 4 is 21.7 Å². The zero-order valence-corrected chi connectivity index (χ0v) is 6.94. The molecule has 0 fully saturated rings. The molecule has 0 saturated carbocycles. The summed E-state index contributed by atoms with van der Waals surface area (Å²) >= 11 is 1.61. The molecule has 11 heavy (non-hydrogen) atoms. The lowest BCUT2D eigenvalue weighted by atomic mass is 10.6. The number of aromatic amines is 1. The maximum absolute atomic E-state index is 5.26. The first-order valence-electron chi connectivity index (χ1n) is 3.45. The van der Waals surface area contributed by atoms with Crippen LogP contribution >= 0.6 is 11.3 Å². The van der Waals surface area contributed by atoms with Crippen LogP contribution in [-0.2, 0) is 0 Å². The molecule has 2 aromatic heterocycles. The van der Waals surface area contributed by atoms with Crippen molar-refractivity contribution in [3.05, 3.63) is 11.6 Å². The third-order valence-corrected chi connectivity index (χ3v) is 2.17. The van der Waals surface area contributed by atoms with Gasteiger partial charge in [-0.25, -0.2) is 4.98 Å². The predicted molar refractivity (Wildman–Crippen MR) is 45.1 cm³/mol. The lowest BCUT2D eigenvalue weighted by Crippen LogP contribution is -1.90. The largest absolute Gasteiger partial charge is 0.479 e. The number of nitrogens with zero attached hydrogens (tertiary/aromatic N) is 1. The van der Waals surface area contributed by atoms with Crippen LogP contribution in [0.2, 0.25) is 0 Å². The van der Waals surface area contributed by atoms with Crippen molar-refractivity contribution in [2.24, 2.45) is 0 Å². The first-order valence-corrected chi connectivity index (χ1v) is 4.33. The number of nitrogens with one attached hydrogen (secondary N) is 1. The molecule has 0 aliphatic rings. The van der Waals surface area contributed by atoms with E-state index in [-0.39, 0.29) is 0 Å². The summed E-state index contributed by atoms with van der Waals surface area (Å²) in [7, 11) is 0. The molecule has 0 aliphatic carbocycles. The van der Waals surface area contributed by atoms with E-state index in [1.807, 2.05) is 18.5 Å². The molecule has 0 spiro atoms. The lowest BCUT2D eigenvalue weighted by Gasteiger charge is -1.95. The summed E-state index contributed by atoms with van der Waals surface area (Å²) in [6.07, 6.45) is 0. The minimum Gasteiger partial charge on any atom is -0.479 e. The second kappa shape index (κ2) is 2.54. The van der Waals surface area contributed by atoms with Crippen LogP contribution in [0.4, 0.5) is 0 Å². The molecule has 0 saturated heterocycles. The normalized spacial score (nSPS) is 10.6. The van der Waals surface area contributed by atoms with Crippen LogP contribution in [0.15, 0.2) is 11.6 Å². The third-order valence-electron chi connectivity index (χ3n) is 1.40. The summed E-state index contributed by atoms with van der Waals surface area (Å²) < 4.78 is 6.41. The van der Waals surface area contributed by atoms with Crippen LogP contribution in [0.1, 0.15) is 6.92 Å². The van der Waals surface area contributed by atoms with Gasteiger partial charge in [-0.3, -0.25) is 0 Å². The molecule has 3 nitrogen and oxygen atoms in total. The van der Waals surface area contributed by atoms with Crippen molar-refractivity contribution in [3.63, 3.8) is 0 Å². The van der Waals surface area contributed by atoms with Gasteiger partial charge in [-0.2, -0.15) is 0 Å². The Bertz CT molecular complexity index is 323. The Morgan fingerprint density at radius 3 is 3.36 bits per heavy atom. The van der Waals surface area contributed by atoms with Gasteiger partial charge in [0.1, 0.15) is 0 Å². The van der Waals surface area contributed by atoms with Crippen molar-refractivity contribution < 1.29 is 4.74 Å². The second-order valence-corrected chi connectivity index (χ2v) is 3.02. The number of thiazole rings is 1. The van der Waals surface area contributed by atoms with E-state index in [0.29, 0.717) is 6.61 Å². The molecule has 0 unspecified atom stereocenters. The lowest BCUT2D eigenvalue weighted by molar-refractivity contribution is 0.329. The molecular weight excluding hydrogens is 160 g/mol. The van der Waals surface area contributed by atoms with Crippen LogP contribution in [0, 0.1) is 0 Å². The summed E-state index contributed by atoms with van der Waals surface area (Å²) in [5, 5.41) is 0. The number of aromatic nitrogens is 2. The average Bonchev–Trinajstić information content (AvgIpc) is 2.46. The molecule has 0 amide bonds. The molecule has 0 bridgehead atoms. The van der Waals surface area contributed by atoms with Gasteiger partial charge in [0.05, 0.1) is 16.8 Å². The highest BCUT2D eigenvalue weighted by molar-refractivity contribution is 7.16. The summed E-state index contributed by atoms with van der Waals surface area (Å²) in [5.41, 5.74) is 2.73. The van der Waals surface area contributed by atoms with Crippen molar-refractivity contribution in [3.8, 4) is 5.88 Å². The summed E-state index contributed by atoms with van der Waals surface area (Å²) in [5.74, 6) is 0.807. The van der Waals surface area contributed by atoms with E-state index in [4.69, 9.17) is 4.74 Å². The standard InChI is InChI=1S/C7H8N2OS/c1-2-10-6-3-5-7(9-6)8-4-11-5/h3-4,9H,2H2,1H3. The molecule has 0 aliphatic heterocycles. The molecule has 58 valence electrons. The number of ether oxygens (including phenoxy) is 1. The van der Waals surface area contributed by atoms with Gasteiger partial charge < -0.3 is 9.72 Å². The molecule has 2 aromatic rings. The SMILES string of the molecule is CCOc1cc2scnc2[nH]1. The Kier molecular flexibility index (Phi) is 1.54. The van der Waals surface area contributed by atoms with Gasteiger partial charge in [0, 0.05) is 6.07 Å². The van der Waals surface area contributed by atoms with Crippen molar-refractivity contribution in [1.82, 2.24) is 9.97 Å². The Morgan fingerprint density at radius 1 is 1.73 bits per heavy atom. The van der Waals surface area contributed by atoms with E-state index in [1.54, 1.807) is 11.3 Å². The van der Waals surface area contributed by atoms with Gasteiger partial charge in [-0.15, -0.1) is 11.3 Å². The number of hydrogen-bond acceptors (Lipinski definition) is 3. The van der Waals surface area contributed by atoms with E-state index < -0.39 is 0 Å². The molecule has 2 rings (SSSR count). The fraction of sp³-hybridized carbons (Fsp3) is 0.286. The number of fused-ring (bicyclic) bond motifs is 1. The Morgan fingerprint density at radius 2 is 2.64 bits per heavy atom. The van der Waals surface area contributed by atoms with Gasteiger partial charge in [0.25, 0.3) is 0 Å². The van der Waals surface area contributed by atoms with Crippen LogP contribution in [-0.4, -0.2) is 16.6 Å². The van der Waals surface area contributed by atoms with Gasteiger partial charge in [0.15, 0.2) is 11.5 Å². The van der Waals surface area contributed by atoms with E-state index in [9.17, 15) is 0 Å². The topological polar surface area (TPSA) is 37.9 Å². The highest BCUT2D eigenvalue weighted by atomic mass is 32.1. The monoisotopic (exact) mass is 168 g/mol. The molecule has 2 heterocycles. The fourth-order valence-corrected chi connectivity index (χ4v) is 1.62. The van der Waals surface area contributed by atoms with Crippen LogP contribution in [0.5, 0.6) is 5.88 Å². The Labute approximate surface area is 68.0 Å². The highest BCUT2D eigenvalue weighted by Crippen LogP contribution is 2.22. The quantitative estimate of drug-likeness (QED) is 0.745. The minimum atomic E-state index is 0.688. The minimum absolute atomic E-state index is 0.688. The average molecular weight is 168 g/mol. The van der Waals surface area contributed by atoms with E-state index in [0.717, 1.165) is 16.2 Å². The molecule has 0 atom stereocenters. The van der Waals surface area contributed by atoms with Crippen molar-refractivity contribution in [2.45, 2.75) is 6.92 Å². The van der Waals surface area contributed by atoms with Crippen LogP contribution in [0.3, 0.4) is 0 Å². The molecule has 0 radical (unpaired) electrons. The summed E-state index contributed by atoms with van der Waals surface area (Å²) in [6.45, 7) is 2.65. The van der Waals surface area contributed by atoms with E-state index in [2.05, 4.69) is 9.97 Å². The highest BCUT2D eigenvalue weighted by Gasteiger charge is 2.01. The summed E-state index contributed by atoms with van der Waals surface area (Å²) in [4.78, 5) is 7.16. The maximum Gasteiger partial charge on any atom is 0.193 e. The number of rotatable bonds is 2. The second-order valence-electron chi connectivity index (χ2n) is 2.13. The predicted octanol–water partition coefficient (Wildman–Crippen LogP) is 2.02. The Hall–Kier alpha value is -1.03. The number of hydrogen-bond donors (Lipinski definition) is 1. The van der Waals surface area contributed by atoms with E-state index >= 15 is 0 Å². The first-order chi connectivity index (χ1) is 5.40. The van der Waals surface area contributed by atoms with Gasteiger partial charge >= 0.3 is 0 Å². The fourth-order valence-electron chi connectivity index (χ4n) is 0.957. The maximum atomic E-state index is 5.26. The molecule has 0 aromatic carbocycles. The number of H-pyrrole nitrogens is 1. The smallest absolute Gasteiger partial charge is 0.193 e. The molecular formula is C7H8N2OS. The van der Waals surface area contributed by atoms with Crippen molar-refractivity contribution in [1.29, 1.82) is 0 Å². The van der Waals surface area contributed by atoms with Crippen LogP contribution in [0.25, 0.3) is 10.3 Å². The van der Waals surface area contributed by atoms with E-state index in [1.165, 1.54) is 0 Å². The van der Waals surface area contributed by atoms with Crippen LogP contribution < -0.4 is 4.74 Å².